The van der Waals surface area contributed by atoms with Crippen molar-refractivity contribution in [1.82, 2.24) is 0 Å². The molecule has 0 saturated heterocycles. The van der Waals surface area contributed by atoms with Gasteiger partial charge in [-0.25, -0.2) is 0 Å². The third kappa shape index (κ3) is 4.86. The van der Waals surface area contributed by atoms with Gasteiger partial charge in [0.2, 0.25) is 0 Å². The van der Waals surface area contributed by atoms with Gasteiger partial charge in [0.15, 0.2) is 5.78 Å². The largest absolute Gasteiger partial charge is 0.465 e. The predicted octanol–water partition coefficient (Wildman–Crippen LogP) is 3.63. The van der Waals surface area contributed by atoms with Gasteiger partial charge in [-0.05, 0) is 12.8 Å². The lowest BCUT2D eigenvalue weighted by atomic mass is 9.93. The molecule has 0 amide bonds. The first-order chi connectivity index (χ1) is 9.20. The summed E-state index contributed by atoms with van der Waals surface area (Å²) in [6.45, 7) is 4.36. The minimum absolute atomic E-state index is 0.129. The molecule has 0 bridgehead atoms. The number of Topliss-reactive ketones (excluding diaryl/α,β-unsaturated/α-hetero) is 1. The van der Waals surface area contributed by atoms with Gasteiger partial charge in [-0.3, -0.25) is 9.59 Å². The Kier molecular flexibility index (Phi) is 6.86. The molecule has 0 fully saturated rings. The van der Waals surface area contributed by atoms with E-state index in [1.165, 1.54) is 0 Å². The number of ether oxygens (including phenoxy) is 1. The molecular formula is C16H22O3. The zero-order valence-corrected chi connectivity index (χ0v) is 11.7. The summed E-state index contributed by atoms with van der Waals surface area (Å²) in [7, 11) is 0. The molecule has 0 aliphatic carbocycles. The van der Waals surface area contributed by atoms with E-state index in [0.717, 1.165) is 19.3 Å². The number of esters is 1. The van der Waals surface area contributed by atoms with E-state index in [1.54, 1.807) is 12.1 Å². The van der Waals surface area contributed by atoms with Gasteiger partial charge < -0.3 is 4.74 Å². The molecule has 1 aromatic rings. The van der Waals surface area contributed by atoms with Crippen molar-refractivity contribution in [2.75, 3.05) is 6.61 Å². The van der Waals surface area contributed by atoms with Gasteiger partial charge in [-0.2, -0.15) is 0 Å². The van der Waals surface area contributed by atoms with E-state index in [9.17, 15) is 9.59 Å². The summed E-state index contributed by atoms with van der Waals surface area (Å²) in [5, 5.41) is 0. The zero-order chi connectivity index (χ0) is 14.1. The molecule has 19 heavy (non-hydrogen) atoms. The van der Waals surface area contributed by atoms with Crippen LogP contribution in [0, 0.1) is 5.92 Å². The maximum absolute atomic E-state index is 12.4. The van der Waals surface area contributed by atoms with Crippen LogP contribution in [0.2, 0.25) is 0 Å². The Hall–Kier alpha value is -1.64. The molecule has 104 valence electrons. The Morgan fingerprint density at radius 1 is 1.11 bits per heavy atom. The van der Waals surface area contributed by atoms with E-state index < -0.39 is 5.92 Å². The van der Waals surface area contributed by atoms with Crippen LogP contribution in [0.1, 0.15) is 49.9 Å². The fourth-order valence-corrected chi connectivity index (χ4v) is 1.87. The highest BCUT2D eigenvalue weighted by Gasteiger charge is 2.28. The Balaban J connectivity index is 2.78. The summed E-state index contributed by atoms with van der Waals surface area (Å²) in [6, 6.07) is 8.96. The molecule has 0 heterocycles. The first kappa shape index (κ1) is 15.4. The van der Waals surface area contributed by atoms with Crippen LogP contribution in [0.5, 0.6) is 0 Å². The Morgan fingerprint density at radius 3 is 2.37 bits per heavy atom. The summed E-state index contributed by atoms with van der Waals surface area (Å²) in [5.41, 5.74) is 0.581. The van der Waals surface area contributed by atoms with Crippen molar-refractivity contribution in [3.8, 4) is 0 Å². The van der Waals surface area contributed by atoms with Crippen LogP contribution in [0.4, 0.5) is 0 Å². The summed E-state index contributed by atoms with van der Waals surface area (Å²) in [6.07, 6.45) is 3.14. The molecule has 0 aliphatic heterocycles. The van der Waals surface area contributed by atoms with E-state index in [4.69, 9.17) is 4.74 Å². The Labute approximate surface area is 115 Å². The number of carbonyl (C=O) groups is 2. The highest BCUT2D eigenvalue weighted by Crippen LogP contribution is 2.17. The number of benzene rings is 1. The average Bonchev–Trinajstić information content (AvgIpc) is 2.46. The molecule has 1 rings (SSSR count). The molecule has 1 aromatic carbocycles. The highest BCUT2D eigenvalue weighted by molar-refractivity contribution is 6.08. The van der Waals surface area contributed by atoms with Gasteiger partial charge >= 0.3 is 5.97 Å². The molecule has 3 nitrogen and oxygen atoms in total. The Bertz CT molecular complexity index is 398. The second-order valence-corrected chi connectivity index (χ2v) is 4.59. The standard InChI is InChI=1S/C16H22O3/c1-3-5-11-14(16(18)19-12-4-2)15(17)13-9-7-6-8-10-13/h6-10,14H,3-5,11-12H2,1-2H3. The quantitative estimate of drug-likeness (QED) is 0.408. The molecule has 0 N–H and O–H groups in total. The fraction of sp³-hybridized carbons (Fsp3) is 0.500. The van der Waals surface area contributed by atoms with Crippen LogP contribution in [-0.2, 0) is 9.53 Å². The van der Waals surface area contributed by atoms with Crippen molar-refractivity contribution < 1.29 is 14.3 Å². The average molecular weight is 262 g/mol. The summed E-state index contributed by atoms with van der Waals surface area (Å²) in [4.78, 5) is 24.3. The number of ketones is 1. The van der Waals surface area contributed by atoms with E-state index >= 15 is 0 Å². The second kappa shape index (κ2) is 8.46. The van der Waals surface area contributed by atoms with E-state index in [-0.39, 0.29) is 11.8 Å². The third-order valence-electron chi connectivity index (χ3n) is 2.95. The lowest BCUT2D eigenvalue weighted by Crippen LogP contribution is -2.26. The van der Waals surface area contributed by atoms with Crippen LogP contribution in [-0.4, -0.2) is 18.4 Å². The van der Waals surface area contributed by atoms with Crippen molar-refractivity contribution in [3.05, 3.63) is 35.9 Å². The minimum Gasteiger partial charge on any atom is -0.465 e. The SMILES string of the molecule is CCCCC(C(=O)OCCC)C(=O)c1ccccc1. The number of hydrogen-bond donors (Lipinski definition) is 0. The number of unbranched alkanes of at least 4 members (excludes halogenated alkanes) is 1. The topological polar surface area (TPSA) is 43.4 Å². The molecule has 0 spiro atoms. The van der Waals surface area contributed by atoms with Crippen LogP contribution in [0.25, 0.3) is 0 Å². The number of carbonyl (C=O) groups excluding carboxylic acids is 2. The third-order valence-corrected chi connectivity index (χ3v) is 2.95. The Morgan fingerprint density at radius 2 is 1.79 bits per heavy atom. The van der Waals surface area contributed by atoms with E-state index in [2.05, 4.69) is 0 Å². The smallest absolute Gasteiger partial charge is 0.316 e. The zero-order valence-electron chi connectivity index (χ0n) is 11.7. The van der Waals surface area contributed by atoms with Crippen molar-refractivity contribution in [3.63, 3.8) is 0 Å². The first-order valence-corrected chi connectivity index (χ1v) is 6.96. The van der Waals surface area contributed by atoms with E-state index in [0.29, 0.717) is 18.6 Å². The molecule has 1 unspecified atom stereocenters. The maximum Gasteiger partial charge on any atom is 0.316 e. The van der Waals surface area contributed by atoms with Crippen LogP contribution >= 0.6 is 0 Å². The van der Waals surface area contributed by atoms with Crippen LogP contribution < -0.4 is 0 Å². The van der Waals surface area contributed by atoms with Crippen LogP contribution in [0.3, 0.4) is 0 Å². The van der Waals surface area contributed by atoms with Crippen molar-refractivity contribution in [1.29, 1.82) is 0 Å². The lowest BCUT2D eigenvalue weighted by Gasteiger charge is -2.14. The van der Waals surface area contributed by atoms with Crippen molar-refractivity contribution >= 4 is 11.8 Å². The fourth-order valence-electron chi connectivity index (χ4n) is 1.87. The number of hydrogen-bond acceptors (Lipinski definition) is 3. The lowest BCUT2D eigenvalue weighted by molar-refractivity contribution is -0.147. The first-order valence-electron chi connectivity index (χ1n) is 6.96. The highest BCUT2D eigenvalue weighted by atomic mass is 16.5. The van der Waals surface area contributed by atoms with Crippen LogP contribution in [0.15, 0.2) is 30.3 Å². The summed E-state index contributed by atoms with van der Waals surface area (Å²) < 4.78 is 5.13. The molecule has 1 atom stereocenters. The summed E-state index contributed by atoms with van der Waals surface area (Å²) >= 11 is 0. The van der Waals surface area contributed by atoms with Crippen molar-refractivity contribution in [2.24, 2.45) is 5.92 Å². The molecular weight excluding hydrogens is 240 g/mol. The monoisotopic (exact) mass is 262 g/mol. The molecule has 0 radical (unpaired) electrons. The van der Waals surface area contributed by atoms with Gasteiger partial charge in [0.05, 0.1) is 6.61 Å². The van der Waals surface area contributed by atoms with Gasteiger partial charge in [-0.1, -0.05) is 57.0 Å². The molecule has 0 aliphatic rings. The second-order valence-electron chi connectivity index (χ2n) is 4.59. The van der Waals surface area contributed by atoms with Gasteiger partial charge in [0.1, 0.15) is 5.92 Å². The van der Waals surface area contributed by atoms with Gasteiger partial charge in [0.25, 0.3) is 0 Å². The summed E-state index contributed by atoms with van der Waals surface area (Å²) in [5.74, 6) is -1.17. The molecule has 0 saturated carbocycles. The van der Waals surface area contributed by atoms with Gasteiger partial charge in [0, 0.05) is 5.56 Å². The maximum atomic E-state index is 12.4. The molecule has 3 heteroatoms. The molecule has 0 aromatic heterocycles. The predicted molar refractivity (Wildman–Crippen MR) is 75.0 cm³/mol. The van der Waals surface area contributed by atoms with E-state index in [1.807, 2.05) is 32.0 Å². The minimum atomic E-state index is -0.658. The normalized spacial score (nSPS) is 11.9. The van der Waals surface area contributed by atoms with Crippen molar-refractivity contribution in [2.45, 2.75) is 39.5 Å². The number of rotatable bonds is 8. The van der Waals surface area contributed by atoms with Gasteiger partial charge in [-0.15, -0.1) is 0 Å².